The lowest BCUT2D eigenvalue weighted by atomic mass is 10.2. The molecule has 1 heterocycles. The van der Waals surface area contributed by atoms with Crippen LogP contribution in [0.25, 0.3) is 0 Å². The number of hydrogen-bond donors (Lipinski definition) is 1. The van der Waals surface area contributed by atoms with Gasteiger partial charge in [0.2, 0.25) is 6.79 Å². The molecule has 1 aliphatic heterocycles. The van der Waals surface area contributed by atoms with E-state index in [-0.39, 0.29) is 6.79 Å². The predicted octanol–water partition coefficient (Wildman–Crippen LogP) is 2.80. The van der Waals surface area contributed by atoms with Crippen molar-refractivity contribution in [3.8, 4) is 28.7 Å². The van der Waals surface area contributed by atoms with Crippen molar-refractivity contribution in [3.63, 3.8) is 0 Å². The van der Waals surface area contributed by atoms with Gasteiger partial charge in [0.05, 0.1) is 12.8 Å². The average molecular weight is 259 g/mol. The van der Waals surface area contributed by atoms with Crippen LogP contribution in [-0.4, -0.2) is 13.9 Å². The minimum absolute atomic E-state index is 0.245. The van der Waals surface area contributed by atoms with E-state index in [4.69, 9.17) is 24.7 Å². The van der Waals surface area contributed by atoms with Crippen molar-refractivity contribution in [3.05, 3.63) is 36.4 Å². The van der Waals surface area contributed by atoms with Gasteiger partial charge in [-0.05, 0) is 24.3 Å². The zero-order chi connectivity index (χ0) is 13.2. The van der Waals surface area contributed by atoms with Crippen LogP contribution in [0.15, 0.2) is 36.4 Å². The molecule has 0 bridgehead atoms. The van der Waals surface area contributed by atoms with E-state index in [9.17, 15) is 0 Å². The summed E-state index contributed by atoms with van der Waals surface area (Å²) in [5, 5.41) is 0. The molecule has 0 amide bonds. The van der Waals surface area contributed by atoms with Crippen LogP contribution in [0.1, 0.15) is 0 Å². The van der Waals surface area contributed by atoms with Crippen LogP contribution < -0.4 is 24.7 Å². The molecule has 0 saturated heterocycles. The fourth-order valence-electron chi connectivity index (χ4n) is 1.83. The molecule has 5 heteroatoms. The van der Waals surface area contributed by atoms with E-state index in [1.165, 1.54) is 0 Å². The second kappa shape index (κ2) is 4.61. The maximum Gasteiger partial charge on any atom is 0.231 e. The molecule has 0 aromatic heterocycles. The number of hydrogen-bond acceptors (Lipinski definition) is 5. The van der Waals surface area contributed by atoms with E-state index >= 15 is 0 Å². The quantitative estimate of drug-likeness (QED) is 0.859. The third-order valence-electron chi connectivity index (χ3n) is 2.78. The van der Waals surface area contributed by atoms with Crippen molar-refractivity contribution in [2.75, 3.05) is 19.6 Å². The lowest BCUT2D eigenvalue weighted by Gasteiger charge is -2.09. The minimum Gasteiger partial charge on any atom is -0.494 e. The second-order valence-corrected chi connectivity index (χ2v) is 4.02. The first-order valence-corrected chi connectivity index (χ1v) is 5.77. The smallest absolute Gasteiger partial charge is 0.231 e. The topological polar surface area (TPSA) is 62.9 Å². The highest BCUT2D eigenvalue weighted by atomic mass is 16.7. The lowest BCUT2D eigenvalue weighted by molar-refractivity contribution is 0.174. The Bertz CT molecular complexity index is 603. The second-order valence-electron chi connectivity index (χ2n) is 4.02. The van der Waals surface area contributed by atoms with E-state index in [0.29, 0.717) is 28.7 Å². The highest BCUT2D eigenvalue weighted by Crippen LogP contribution is 2.37. The first-order valence-electron chi connectivity index (χ1n) is 5.77. The lowest BCUT2D eigenvalue weighted by Crippen LogP contribution is -1.93. The van der Waals surface area contributed by atoms with Crippen molar-refractivity contribution in [2.24, 2.45) is 0 Å². The van der Waals surface area contributed by atoms with Crippen molar-refractivity contribution in [2.45, 2.75) is 0 Å². The molecular formula is C14H13NO4. The maximum absolute atomic E-state index is 5.75. The molecule has 0 spiro atoms. The molecule has 98 valence electrons. The SMILES string of the molecule is COc1cc(Oc2ccc3c(c2)OCO3)ccc1N. The molecule has 3 rings (SSSR count). The summed E-state index contributed by atoms with van der Waals surface area (Å²) in [5.41, 5.74) is 6.32. The van der Waals surface area contributed by atoms with E-state index < -0.39 is 0 Å². The predicted molar refractivity (Wildman–Crippen MR) is 70.0 cm³/mol. The van der Waals surface area contributed by atoms with Gasteiger partial charge in [0.15, 0.2) is 11.5 Å². The van der Waals surface area contributed by atoms with Crippen molar-refractivity contribution < 1.29 is 18.9 Å². The van der Waals surface area contributed by atoms with Gasteiger partial charge in [-0.2, -0.15) is 0 Å². The molecule has 5 nitrogen and oxygen atoms in total. The number of ether oxygens (including phenoxy) is 4. The molecule has 2 aromatic rings. The number of fused-ring (bicyclic) bond motifs is 1. The molecule has 0 aliphatic carbocycles. The first-order chi connectivity index (χ1) is 9.26. The van der Waals surface area contributed by atoms with Crippen LogP contribution in [0, 0.1) is 0 Å². The summed E-state index contributed by atoms with van der Waals surface area (Å²) in [5.74, 6) is 3.29. The molecule has 0 saturated carbocycles. The highest BCUT2D eigenvalue weighted by Gasteiger charge is 2.14. The summed E-state index contributed by atoms with van der Waals surface area (Å²) in [6.07, 6.45) is 0. The summed E-state index contributed by atoms with van der Waals surface area (Å²) in [6, 6.07) is 10.7. The van der Waals surface area contributed by atoms with Gasteiger partial charge < -0.3 is 24.7 Å². The van der Waals surface area contributed by atoms with Gasteiger partial charge >= 0.3 is 0 Å². The van der Waals surface area contributed by atoms with E-state index in [2.05, 4.69) is 0 Å². The molecule has 0 atom stereocenters. The number of nitrogens with two attached hydrogens (primary N) is 1. The monoisotopic (exact) mass is 259 g/mol. The summed E-state index contributed by atoms with van der Waals surface area (Å²) in [7, 11) is 1.57. The number of nitrogen functional groups attached to an aromatic ring is 1. The third kappa shape index (κ3) is 2.22. The fraction of sp³-hybridized carbons (Fsp3) is 0.143. The largest absolute Gasteiger partial charge is 0.494 e. The zero-order valence-corrected chi connectivity index (χ0v) is 10.4. The number of benzene rings is 2. The molecule has 0 fully saturated rings. The van der Waals surface area contributed by atoms with E-state index in [0.717, 1.165) is 5.75 Å². The molecule has 2 N–H and O–H groups in total. The molecule has 0 radical (unpaired) electrons. The molecule has 19 heavy (non-hydrogen) atoms. The van der Waals surface area contributed by atoms with Crippen molar-refractivity contribution >= 4 is 5.69 Å². The maximum atomic E-state index is 5.75. The van der Waals surface area contributed by atoms with Gasteiger partial charge in [0.1, 0.15) is 17.2 Å². The van der Waals surface area contributed by atoms with Crippen LogP contribution in [0.4, 0.5) is 5.69 Å². The summed E-state index contributed by atoms with van der Waals surface area (Å²) in [6.45, 7) is 0.245. The van der Waals surface area contributed by atoms with Gasteiger partial charge in [-0.25, -0.2) is 0 Å². The van der Waals surface area contributed by atoms with Gasteiger partial charge in [-0.1, -0.05) is 0 Å². The Morgan fingerprint density at radius 2 is 1.74 bits per heavy atom. The van der Waals surface area contributed by atoms with Gasteiger partial charge in [0, 0.05) is 12.1 Å². The Morgan fingerprint density at radius 1 is 1.00 bits per heavy atom. The van der Waals surface area contributed by atoms with Crippen LogP contribution in [0.2, 0.25) is 0 Å². The van der Waals surface area contributed by atoms with Crippen molar-refractivity contribution in [1.29, 1.82) is 0 Å². The van der Waals surface area contributed by atoms with Gasteiger partial charge in [0.25, 0.3) is 0 Å². The summed E-state index contributed by atoms with van der Waals surface area (Å²) >= 11 is 0. The first kappa shape index (κ1) is 11.5. The standard InChI is InChI=1S/C14H13NO4/c1-16-13-6-9(2-4-11(13)15)19-10-3-5-12-14(7-10)18-8-17-12/h2-7H,8,15H2,1H3. The summed E-state index contributed by atoms with van der Waals surface area (Å²) < 4.78 is 21.4. The molecule has 1 aliphatic rings. The van der Waals surface area contributed by atoms with Gasteiger partial charge in [-0.3, -0.25) is 0 Å². The Morgan fingerprint density at radius 3 is 2.58 bits per heavy atom. The minimum atomic E-state index is 0.245. The summed E-state index contributed by atoms with van der Waals surface area (Å²) in [4.78, 5) is 0. The zero-order valence-electron chi connectivity index (χ0n) is 10.4. The normalized spacial score (nSPS) is 12.3. The van der Waals surface area contributed by atoms with Crippen LogP contribution in [0.3, 0.4) is 0 Å². The van der Waals surface area contributed by atoms with Crippen LogP contribution in [-0.2, 0) is 0 Å². The van der Waals surface area contributed by atoms with E-state index in [1.807, 2.05) is 12.1 Å². The molecule has 0 unspecified atom stereocenters. The van der Waals surface area contributed by atoms with Crippen molar-refractivity contribution in [1.82, 2.24) is 0 Å². The number of anilines is 1. The Balaban J connectivity index is 1.85. The van der Waals surface area contributed by atoms with Gasteiger partial charge in [-0.15, -0.1) is 0 Å². The molecular weight excluding hydrogens is 246 g/mol. The van der Waals surface area contributed by atoms with Crippen LogP contribution in [0.5, 0.6) is 28.7 Å². The van der Waals surface area contributed by atoms with Crippen LogP contribution >= 0.6 is 0 Å². The fourth-order valence-corrected chi connectivity index (χ4v) is 1.83. The Hall–Kier alpha value is -2.56. The number of rotatable bonds is 3. The Labute approximate surface area is 110 Å². The average Bonchev–Trinajstić information content (AvgIpc) is 2.88. The molecule has 2 aromatic carbocycles. The van der Waals surface area contributed by atoms with E-state index in [1.54, 1.807) is 31.4 Å². The number of methoxy groups -OCH3 is 1. The third-order valence-corrected chi connectivity index (χ3v) is 2.78. The Kier molecular flexibility index (Phi) is 2.79. The highest BCUT2D eigenvalue weighted by molar-refractivity contribution is 5.56.